The molecule has 0 spiro atoms. The zero-order valence-electron chi connectivity index (χ0n) is 11.0. The third-order valence-corrected chi connectivity index (χ3v) is 3.89. The molecule has 100 valence electrons. The Labute approximate surface area is 116 Å². The molecular weight excluding hydrogens is 258 g/mol. The Morgan fingerprint density at radius 1 is 1.32 bits per heavy atom. The van der Waals surface area contributed by atoms with Crippen LogP contribution in [0.15, 0.2) is 30.3 Å². The monoisotopic (exact) mass is 275 g/mol. The largest absolute Gasteiger partial charge is 0.397 e. The van der Waals surface area contributed by atoms with Crippen molar-refractivity contribution in [3.63, 3.8) is 0 Å². The molecule has 5 heteroatoms. The summed E-state index contributed by atoms with van der Waals surface area (Å²) >= 11 is 1.37. The van der Waals surface area contributed by atoms with E-state index >= 15 is 0 Å². The van der Waals surface area contributed by atoms with Crippen LogP contribution < -0.4 is 16.4 Å². The number of anilines is 2. The molecule has 4 nitrogen and oxygen atoms in total. The van der Waals surface area contributed by atoms with Crippen molar-refractivity contribution in [2.75, 3.05) is 18.1 Å². The van der Waals surface area contributed by atoms with Gasteiger partial charge in [0.15, 0.2) is 0 Å². The summed E-state index contributed by atoms with van der Waals surface area (Å²) in [6.45, 7) is 2.78. The molecule has 2 aromatic rings. The fourth-order valence-corrected chi connectivity index (χ4v) is 2.60. The van der Waals surface area contributed by atoms with Crippen LogP contribution in [0.2, 0.25) is 0 Å². The van der Waals surface area contributed by atoms with Crippen molar-refractivity contribution in [2.24, 2.45) is 0 Å². The predicted molar refractivity (Wildman–Crippen MR) is 80.6 cm³/mol. The number of aryl methyl sites for hydroxylation is 1. The number of nitrogens with one attached hydrogen (secondary N) is 2. The van der Waals surface area contributed by atoms with Crippen LogP contribution in [-0.2, 0) is 6.54 Å². The molecule has 0 aliphatic carbocycles. The van der Waals surface area contributed by atoms with E-state index in [1.54, 1.807) is 13.1 Å². The lowest BCUT2D eigenvalue weighted by Crippen LogP contribution is -2.17. The molecule has 1 aromatic heterocycles. The summed E-state index contributed by atoms with van der Waals surface area (Å²) in [5.74, 6) is -0.147. The molecule has 4 N–H and O–H groups in total. The van der Waals surface area contributed by atoms with Gasteiger partial charge in [0.25, 0.3) is 5.91 Å². The number of benzene rings is 1. The van der Waals surface area contributed by atoms with Crippen LogP contribution >= 0.6 is 11.3 Å². The van der Waals surface area contributed by atoms with Crippen LogP contribution in [0.4, 0.5) is 10.7 Å². The van der Waals surface area contributed by atoms with Crippen LogP contribution in [0.1, 0.15) is 20.8 Å². The predicted octanol–water partition coefficient (Wildman–Crippen LogP) is 2.61. The molecule has 0 atom stereocenters. The van der Waals surface area contributed by atoms with Crippen molar-refractivity contribution < 1.29 is 4.79 Å². The maximum absolute atomic E-state index is 11.6. The maximum atomic E-state index is 11.6. The summed E-state index contributed by atoms with van der Waals surface area (Å²) in [7, 11) is 1.60. The van der Waals surface area contributed by atoms with E-state index in [0.29, 0.717) is 17.1 Å². The molecule has 0 bridgehead atoms. The minimum atomic E-state index is -0.147. The Morgan fingerprint density at radius 3 is 2.63 bits per heavy atom. The van der Waals surface area contributed by atoms with Crippen LogP contribution in [0.5, 0.6) is 0 Å². The lowest BCUT2D eigenvalue weighted by Gasteiger charge is -2.03. The Morgan fingerprint density at radius 2 is 2.00 bits per heavy atom. The quantitative estimate of drug-likeness (QED) is 0.803. The minimum absolute atomic E-state index is 0.147. The van der Waals surface area contributed by atoms with E-state index in [1.807, 2.05) is 0 Å². The van der Waals surface area contributed by atoms with Gasteiger partial charge in [-0.25, -0.2) is 0 Å². The highest BCUT2D eigenvalue weighted by atomic mass is 32.1. The second-order valence-corrected chi connectivity index (χ2v) is 5.37. The molecule has 0 unspecified atom stereocenters. The van der Waals surface area contributed by atoms with Gasteiger partial charge >= 0.3 is 0 Å². The summed E-state index contributed by atoms with van der Waals surface area (Å²) in [4.78, 5) is 12.1. The fraction of sp³-hybridized carbons (Fsp3) is 0.214. The lowest BCUT2D eigenvalue weighted by atomic mass is 10.1. The molecule has 1 aromatic carbocycles. The number of nitrogen functional groups attached to an aromatic ring is 1. The van der Waals surface area contributed by atoms with Gasteiger partial charge in [-0.3, -0.25) is 4.79 Å². The van der Waals surface area contributed by atoms with E-state index < -0.39 is 0 Å². The van der Waals surface area contributed by atoms with Crippen molar-refractivity contribution in [1.29, 1.82) is 0 Å². The van der Waals surface area contributed by atoms with E-state index in [0.717, 1.165) is 5.00 Å². The van der Waals surface area contributed by atoms with Gasteiger partial charge in [-0.05, 0) is 18.6 Å². The number of rotatable bonds is 4. The van der Waals surface area contributed by atoms with E-state index in [1.165, 1.54) is 22.5 Å². The zero-order chi connectivity index (χ0) is 13.8. The van der Waals surface area contributed by atoms with E-state index in [2.05, 4.69) is 41.8 Å². The Balaban J connectivity index is 2.04. The first-order valence-electron chi connectivity index (χ1n) is 6.01. The second-order valence-electron chi connectivity index (χ2n) is 4.31. The third kappa shape index (κ3) is 3.26. The van der Waals surface area contributed by atoms with Crippen molar-refractivity contribution in [3.8, 4) is 0 Å². The number of carbonyl (C=O) groups excluding carboxylic acids is 1. The minimum Gasteiger partial charge on any atom is -0.397 e. The van der Waals surface area contributed by atoms with Gasteiger partial charge in [0.05, 0.1) is 10.7 Å². The number of nitrogens with two attached hydrogens (primary N) is 1. The van der Waals surface area contributed by atoms with E-state index in [9.17, 15) is 4.79 Å². The lowest BCUT2D eigenvalue weighted by molar-refractivity contribution is 0.0968. The molecule has 2 rings (SSSR count). The summed E-state index contributed by atoms with van der Waals surface area (Å²) in [5.41, 5.74) is 8.76. The highest BCUT2D eigenvalue weighted by molar-refractivity contribution is 7.18. The number of hydrogen-bond acceptors (Lipinski definition) is 4. The molecule has 1 amide bonds. The average Bonchev–Trinajstić information content (AvgIpc) is 2.78. The number of carbonyl (C=O) groups is 1. The summed E-state index contributed by atoms with van der Waals surface area (Å²) < 4.78 is 0. The van der Waals surface area contributed by atoms with Gasteiger partial charge in [0, 0.05) is 13.6 Å². The van der Waals surface area contributed by atoms with Crippen molar-refractivity contribution in [2.45, 2.75) is 13.5 Å². The number of amides is 1. The highest BCUT2D eigenvalue weighted by Gasteiger charge is 2.12. The first-order valence-corrected chi connectivity index (χ1v) is 6.82. The molecule has 0 saturated carbocycles. The molecule has 1 heterocycles. The molecule has 0 saturated heterocycles. The van der Waals surface area contributed by atoms with Crippen LogP contribution in [0.25, 0.3) is 0 Å². The zero-order valence-corrected chi connectivity index (χ0v) is 11.8. The smallest absolute Gasteiger partial charge is 0.263 e. The van der Waals surface area contributed by atoms with Gasteiger partial charge in [0.2, 0.25) is 0 Å². The number of thiophene rings is 1. The van der Waals surface area contributed by atoms with Crippen molar-refractivity contribution in [3.05, 3.63) is 46.3 Å². The first-order chi connectivity index (χ1) is 9.10. The Kier molecular flexibility index (Phi) is 4.06. The van der Waals surface area contributed by atoms with Crippen LogP contribution in [0.3, 0.4) is 0 Å². The molecule has 19 heavy (non-hydrogen) atoms. The Bertz CT molecular complexity index is 575. The number of hydrogen-bond donors (Lipinski definition) is 3. The summed E-state index contributed by atoms with van der Waals surface area (Å²) in [5, 5.41) is 6.76. The Hall–Kier alpha value is -2.01. The third-order valence-electron chi connectivity index (χ3n) is 2.78. The van der Waals surface area contributed by atoms with Gasteiger partial charge in [-0.1, -0.05) is 29.8 Å². The van der Waals surface area contributed by atoms with Crippen molar-refractivity contribution >= 4 is 27.9 Å². The van der Waals surface area contributed by atoms with E-state index in [-0.39, 0.29) is 5.91 Å². The van der Waals surface area contributed by atoms with Crippen LogP contribution in [-0.4, -0.2) is 13.0 Å². The molecule has 0 aliphatic heterocycles. The van der Waals surface area contributed by atoms with E-state index in [4.69, 9.17) is 5.73 Å². The average molecular weight is 275 g/mol. The van der Waals surface area contributed by atoms with Gasteiger partial charge < -0.3 is 16.4 Å². The normalized spacial score (nSPS) is 10.2. The first kappa shape index (κ1) is 13.4. The molecule has 0 fully saturated rings. The second kappa shape index (κ2) is 5.75. The SMILES string of the molecule is CNC(=O)c1sc(NCc2ccc(C)cc2)cc1N. The topological polar surface area (TPSA) is 67.2 Å². The highest BCUT2D eigenvalue weighted by Crippen LogP contribution is 2.29. The van der Waals surface area contributed by atoms with Crippen molar-refractivity contribution in [1.82, 2.24) is 5.32 Å². The molecule has 0 aliphatic rings. The standard InChI is InChI=1S/C14H17N3OS/c1-9-3-5-10(6-4-9)8-17-12-7-11(15)13(19-12)14(18)16-2/h3-7,17H,8,15H2,1-2H3,(H,16,18). The molecule has 0 radical (unpaired) electrons. The van der Waals surface area contributed by atoms with Crippen LogP contribution in [0, 0.1) is 6.92 Å². The van der Waals surface area contributed by atoms with Gasteiger partial charge in [-0.15, -0.1) is 11.3 Å². The summed E-state index contributed by atoms with van der Waals surface area (Å²) in [6.07, 6.45) is 0. The fourth-order valence-electron chi connectivity index (χ4n) is 1.68. The van der Waals surface area contributed by atoms with Gasteiger partial charge in [0.1, 0.15) is 4.88 Å². The molecular formula is C14H17N3OS. The summed E-state index contributed by atoms with van der Waals surface area (Å²) in [6, 6.07) is 10.1. The maximum Gasteiger partial charge on any atom is 0.263 e. The van der Waals surface area contributed by atoms with Gasteiger partial charge in [-0.2, -0.15) is 0 Å².